The van der Waals surface area contributed by atoms with Crippen LogP contribution >= 0.6 is 15.9 Å². The highest BCUT2D eigenvalue weighted by Crippen LogP contribution is 2.22. The molecule has 8 heteroatoms. The van der Waals surface area contributed by atoms with Gasteiger partial charge in [0.25, 0.3) is 0 Å². The summed E-state index contributed by atoms with van der Waals surface area (Å²) in [6, 6.07) is 6.01. The summed E-state index contributed by atoms with van der Waals surface area (Å²) in [5.41, 5.74) is 6.51. The Morgan fingerprint density at radius 1 is 1.39 bits per heavy atom. The highest BCUT2D eigenvalue weighted by Gasteiger charge is 2.15. The van der Waals surface area contributed by atoms with Gasteiger partial charge in [-0.1, -0.05) is 5.16 Å². The van der Waals surface area contributed by atoms with Crippen LogP contribution in [0.3, 0.4) is 0 Å². The average Bonchev–Trinajstić information content (AvgIpc) is 2.83. The van der Waals surface area contributed by atoms with Crippen LogP contribution < -0.4 is 10.5 Å². The van der Waals surface area contributed by atoms with Crippen LogP contribution in [0.2, 0.25) is 0 Å². The van der Waals surface area contributed by atoms with Crippen molar-refractivity contribution in [3.8, 4) is 0 Å². The maximum atomic E-state index is 12.0. The fraction of sp³-hybridized carbons (Fsp3) is 0.100. The molecule has 0 saturated heterocycles. The maximum Gasteiger partial charge on any atom is 0.241 e. The van der Waals surface area contributed by atoms with Crippen molar-refractivity contribution in [3.63, 3.8) is 0 Å². The van der Waals surface area contributed by atoms with Crippen LogP contribution in [-0.2, 0) is 16.6 Å². The van der Waals surface area contributed by atoms with E-state index < -0.39 is 10.0 Å². The average molecular weight is 332 g/mol. The zero-order valence-electron chi connectivity index (χ0n) is 9.13. The van der Waals surface area contributed by atoms with E-state index in [0.29, 0.717) is 15.9 Å². The first kappa shape index (κ1) is 13.1. The predicted octanol–water partition coefficient (Wildman–Crippen LogP) is 1.50. The number of hydrogen-bond donors (Lipinski definition) is 2. The van der Waals surface area contributed by atoms with E-state index in [2.05, 4.69) is 30.3 Å². The van der Waals surface area contributed by atoms with E-state index in [1.54, 1.807) is 12.1 Å². The first-order chi connectivity index (χ1) is 8.49. The second-order valence-electron chi connectivity index (χ2n) is 3.50. The number of sulfonamides is 1. The predicted molar refractivity (Wildman–Crippen MR) is 69.1 cm³/mol. The van der Waals surface area contributed by atoms with Crippen molar-refractivity contribution in [2.75, 3.05) is 5.73 Å². The molecule has 96 valence electrons. The van der Waals surface area contributed by atoms with Crippen LogP contribution in [0.1, 0.15) is 5.69 Å². The summed E-state index contributed by atoms with van der Waals surface area (Å²) in [6.45, 7) is 0.0643. The monoisotopic (exact) mass is 331 g/mol. The van der Waals surface area contributed by atoms with Crippen molar-refractivity contribution in [1.82, 2.24) is 9.88 Å². The Kier molecular flexibility index (Phi) is 3.69. The molecule has 0 bridgehead atoms. The number of nitrogens with two attached hydrogens (primary N) is 1. The molecule has 0 spiro atoms. The number of aromatic nitrogens is 1. The smallest absolute Gasteiger partial charge is 0.241 e. The molecule has 0 amide bonds. The van der Waals surface area contributed by atoms with Gasteiger partial charge < -0.3 is 10.3 Å². The minimum Gasteiger partial charge on any atom is -0.398 e. The molecule has 0 unspecified atom stereocenters. The number of nitrogens with one attached hydrogen (secondary N) is 1. The molecule has 18 heavy (non-hydrogen) atoms. The molecule has 2 rings (SSSR count). The number of rotatable bonds is 4. The Bertz CT molecular complexity index is 640. The van der Waals surface area contributed by atoms with E-state index in [-0.39, 0.29) is 11.4 Å². The van der Waals surface area contributed by atoms with Gasteiger partial charge in [-0.25, -0.2) is 13.1 Å². The van der Waals surface area contributed by atoms with Crippen molar-refractivity contribution in [3.05, 3.63) is 40.7 Å². The van der Waals surface area contributed by atoms with Crippen molar-refractivity contribution >= 4 is 31.6 Å². The third-order valence-corrected chi connectivity index (χ3v) is 4.33. The summed E-state index contributed by atoms with van der Waals surface area (Å²) in [7, 11) is -3.61. The number of nitrogen functional groups attached to an aromatic ring is 1. The molecule has 0 saturated carbocycles. The van der Waals surface area contributed by atoms with Crippen LogP contribution in [0.15, 0.2) is 44.4 Å². The molecule has 0 atom stereocenters. The summed E-state index contributed by atoms with van der Waals surface area (Å²) in [4.78, 5) is 0.103. The third-order valence-electron chi connectivity index (χ3n) is 2.21. The van der Waals surface area contributed by atoms with Crippen molar-refractivity contribution in [2.45, 2.75) is 11.4 Å². The van der Waals surface area contributed by atoms with Crippen molar-refractivity contribution < 1.29 is 12.9 Å². The van der Waals surface area contributed by atoms with Gasteiger partial charge >= 0.3 is 0 Å². The number of hydrogen-bond acceptors (Lipinski definition) is 5. The Hall–Kier alpha value is -1.38. The van der Waals surface area contributed by atoms with E-state index >= 15 is 0 Å². The molecular weight excluding hydrogens is 322 g/mol. The van der Waals surface area contributed by atoms with Gasteiger partial charge in [-0.05, 0) is 34.1 Å². The lowest BCUT2D eigenvalue weighted by Gasteiger charge is -2.06. The van der Waals surface area contributed by atoms with E-state index in [1.807, 2.05) is 0 Å². The molecule has 0 fully saturated rings. The molecule has 2 aromatic rings. The van der Waals surface area contributed by atoms with Gasteiger partial charge in [0, 0.05) is 16.2 Å². The summed E-state index contributed by atoms with van der Waals surface area (Å²) in [5.74, 6) is 0. The molecule has 3 N–H and O–H groups in total. The van der Waals surface area contributed by atoms with Gasteiger partial charge in [-0.2, -0.15) is 0 Å². The summed E-state index contributed by atoms with van der Waals surface area (Å²) >= 11 is 3.20. The van der Waals surface area contributed by atoms with E-state index in [4.69, 9.17) is 5.73 Å². The molecule has 1 aromatic carbocycles. The van der Waals surface area contributed by atoms with Gasteiger partial charge in [0.1, 0.15) is 6.26 Å². The number of benzene rings is 1. The zero-order chi connectivity index (χ0) is 13.2. The molecule has 1 heterocycles. The Balaban J connectivity index is 2.17. The maximum absolute atomic E-state index is 12.0. The van der Waals surface area contributed by atoms with Gasteiger partial charge in [-0.3, -0.25) is 0 Å². The van der Waals surface area contributed by atoms with Crippen molar-refractivity contribution in [1.29, 1.82) is 0 Å². The molecule has 6 nitrogen and oxygen atoms in total. The second kappa shape index (κ2) is 5.09. The number of nitrogens with zero attached hydrogens (tertiary/aromatic N) is 1. The van der Waals surface area contributed by atoms with Crippen LogP contribution in [0.4, 0.5) is 5.69 Å². The van der Waals surface area contributed by atoms with E-state index in [1.165, 1.54) is 18.4 Å². The lowest BCUT2D eigenvalue weighted by molar-refractivity contribution is 0.411. The highest BCUT2D eigenvalue weighted by atomic mass is 79.9. The van der Waals surface area contributed by atoms with Crippen molar-refractivity contribution in [2.24, 2.45) is 0 Å². The lowest BCUT2D eigenvalue weighted by atomic mass is 10.3. The van der Waals surface area contributed by atoms with Crippen LogP contribution in [0.25, 0.3) is 0 Å². The highest BCUT2D eigenvalue weighted by molar-refractivity contribution is 9.10. The molecule has 0 aliphatic rings. The largest absolute Gasteiger partial charge is 0.398 e. The second-order valence-corrected chi connectivity index (χ2v) is 6.12. The minimum absolute atomic E-state index is 0.0643. The standard InChI is InChI=1S/C10H10BrN3O3S/c11-9-2-1-8(5-10(9)12)18(15,16)13-6-7-3-4-17-14-7/h1-5,13H,6,12H2. The molecular formula is C10H10BrN3O3S. The normalized spacial score (nSPS) is 11.6. The fourth-order valence-electron chi connectivity index (χ4n) is 1.27. The van der Waals surface area contributed by atoms with Crippen LogP contribution in [0.5, 0.6) is 0 Å². The summed E-state index contributed by atoms with van der Waals surface area (Å²) < 4.78 is 31.6. The summed E-state index contributed by atoms with van der Waals surface area (Å²) in [6.07, 6.45) is 1.38. The lowest BCUT2D eigenvalue weighted by Crippen LogP contribution is -2.23. The fourth-order valence-corrected chi connectivity index (χ4v) is 2.55. The Morgan fingerprint density at radius 3 is 2.78 bits per heavy atom. The van der Waals surface area contributed by atoms with Gasteiger partial charge in [-0.15, -0.1) is 0 Å². The van der Waals surface area contributed by atoms with Crippen LogP contribution in [0, 0.1) is 0 Å². The van der Waals surface area contributed by atoms with Crippen LogP contribution in [-0.4, -0.2) is 13.6 Å². The number of halogens is 1. The number of anilines is 1. The first-order valence-corrected chi connectivity index (χ1v) is 7.20. The van der Waals surface area contributed by atoms with Gasteiger partial charge in [0.15, 0.2) is 0 Å². The Labute approximate surface area is 112 Å². The van der Waals surface area contributed by atoms with E-state index in [9.17, 15) is 8.42 Å². The zero-order valence-corrected chi connectivity index (χ0v) is 11.5. The minimum atomic E-state index is -3.61. The molecule has 0 radical (unpaired) electrons. The summed E-state index contributed by atoms with van der Waals surface area (Å²) in [5, 5.41) is 3.61. The topological polar surface area (TPSA) is 98.2 Å². The molecule has 0 aliphatic heterocycles. The SMILES string of the molecule is Nc1cc(S(=O)(=O)NCc2ccon2)ccc1Br. The quantitative estimate of drug-likeness (QED) is 0.827. The third kappa shape index (κ3) is 2.89. The van der Waals surface area contributed by atoms with Gasteiger partial charge in [0.05, 0.1) is 17.1 Å². The molecule has 1 aromatic heterocycles. The van der Waals surface area contributed by atoms with E-state index in [0.717, 1.165) is 0 Å². The first-order valence-electron chi connectivity index (χ1n) is 4.93. The van der Waals surface area contributed by atoms with Gasteiger partial charge in [0.2, 0.25) is 10.0 Å². The Morgan fingerprint density at radius 2 is 2.17 bits per heavy atom. The molecule has 0 aliphatic carbocycles.